The lowest BCUT2D eigenvalue weighted by molar-refractivity contribution is -0.385. The monoisotopic (exact) mass is 407 g/mol. The summed E-state index contributed by atoms with van der Waals surface area (Å²) in [6.45, 7) is 1.02. The molecule has 0 saturated carbocycles. The Labute approximate surface area is 162 Å². The summed E-state index contributed by atoms with van der Waals surface area (Å²) in [6, 6.07) is 6.73. The van der Waals surface area contributed by atoms with Crippen LogP contribution in [0.15, 0.2) is 30.3 Å². The van der Waals surface area contributed by atoms with Crippen molar-refractivity contribution >= 4 is 52.3 Å². The number of rotatable bonds is 4. The van der Waals surface area contributed by atoms with Gasteiger partial charge in [0, 0.05) is 17.3 Å². The molecule has 1 heterocycles. The average Bonchev–Trinajstić information content (AvgIpc) is 2.81. The molecule has 3 amide bonds. The number of halogens is 2. The lowest BCUT2D eigenvalue weighted by Crippen LogP contribution is -2.37. The van der Waals surface area contributed by atoms with Crippen LogP contribution in [0.5, 0.6) is 0 Å². The third-order valence-corrected chi connectivity index (χ3v) is 4.73. The molecule has 2 aromatic rings. The van der Waals surface area contributed by atoms with Crippen LogP contribution in [0.3, 0.4) is 0 Å². The molecule has 0 unspecified atom stereocenters. The molecule has 138 valence electrons. The SMILES string of the molecule is Cc1ccc(NC(=O)CN2C(=O)c3cc(Cl)c(Cl)cc3C2=O)cc1[N+](=O)[O-]. The molecule has 0 bridgehead atoms. The van der Waals surface area contributed by atoms with Crippen molar-refractivity contribution in [1.29, 1.82) is 0 Å². The summed E-state index contributed by atoms with van der Waals surface area (Å²) in [5.74, 6) is -2.02. The molecule has 1 N–H and O–H groups in total. The van der Waals surface area contributed by atoms with Crippen LogP contribution in [0, 0.1) is 17.0 Å². The van der Waals surface area contributed by atoms with Crippen LogP contribution >= 0.6 is 23.2 Å². The molecule has 0 saturated heterocycles. The number of fused-ring (bicyclic) bond motifs is 1. The predicted molar refractivity (Wildman–Crippen MR) is 98.3 cm³/mol. The molecule has 2 aromatic carbocycles. The van der Waals surface area contributed by atoms with Gasteiger partial charge >= 0.3 is 0 Å². The number of nitro benzene ring substituents is 1. The fourth-order valence-corrected chi connectivity index (χ4v) is 2.98. The molecule has 3 rings (SSSR count). The minimum atomic E-state index is -0.681. The second-order valence-corrected chi connectivity index (χ2v) is 6.63. The van der Waals surface area contributed by atoms with E-state index < -0.39 is 29.2 Å². The number of hydrogen-bond donors (Lipinski definition) is 1. The zero-order valence-corrected chi connectivity index (χ0v) is 15.3. The van der Waals surface area contributed by atoms with E-state index in [1.807, 2.05) is 0 Å². The molecule has 0 aromatic heterocycles. The van der Waals surface area contributed by atoms with Gasteiger partial charge in [0.25, 0.3) is 17.5 Å². The molecule has 0 fully saturated rings. The van der Waals surface area contributed by atoms with E-state index in [0.29, 0.717) is 5.56 Å². The van der Waals surface area contributed by atoms with Gasteiger partial charge in [0.05, 0.1) is 26.1 Å². The first-order valence-corrected chi connectivity index (χ1v) is 8.34. The minimum absolute atomic E-state index is 0.0631. The Bertz CT molecular complexity index is 981. The van der Waals surface area contributed by atoms with Gasteiger partial charge in [-0.05, 0) is 25.1 Å². The second kappa shape index (κ2) is 6.98. The molecule has 0 spiro atoms. The Morgan fingerprint density at radius 2 is 1.67 bits per heavy atom. The Kier molecular flexibility index (Phi) is 4.86. The summed E-state index contributed by atoms with van der Waals surface area (Å²) in [6.07, 6.45) is 0. The fraction of sp³-hybridized carbons (Fsp3) is 0.118. The van der Waals surface area contributed by atoms with Gasteiger partial charge in [-0.15, -0.1) is 0 Å². The van der Waals surface area contributed by atoms with Crippen molar-refractivity contribution in [3.63, 3.8) is 0 Å². The highest BCUT2D eigenvalue weighted by Gasteiger charge is 2.37. The maximum atomic E-state index is 12.4. The molecule has 0 aliphatic carbocycles. The standard InChI is InChI=1S/C17H11Cl2N3O5/c1-8-2-3-9(4-14(8)22(26)27)20-15(23)7-21-16(24)10-5-12(18)13(19)6-11(10)17(21)25/h2-6H,7H2,1H3,(H,20,23). The van der Waals surface area contributed by atoms with E-state index in [1.165, 1.54) is 30.3 Å². The van der Waals surface area contributed by atoms with Crippen LogP contribution in [0.1, 0.15) is 26.3 Å². The van der Waals surface area contributed by atoms with Gasteiger partial charge in [-0.3, -0.25) is 29.4 Å². The summed E-state index contributed by atoms with van der Waals surface area (Å²) in [7, 11) is 0. The third kappa shape index (κ3) is 3.49. The summed E-state index contributed by atoms with van der Waals surface area (Å²) >= 11 is 11.7. The molecular formula is C17H11Cl2N3O5. The van der Waals surface area contributed by atoms with Crippen molar-refractivity contribution in [1.82, 2.24) is 4.90 Å². The number of nitro groups is 1. The van der Waals surface area contributed by atoms with E-state index in [1.54, 1.807) is 6.92 Å². The third-order valence-electron chi connectivity index (χ3n) is 4.00. The first-order chi connectivity index (χ1) is 12.7. The predicted octanol–water partition coefficient (Wildman–Crippen LogP) is 3.44. The zero-order valence-electron chi connectivity index (χ0n) is 13.8. The molecule has 8 nitrogen and oxygen atoms in total. The molecule has 10 heteroatoms. The smallest absolute Gasteiger partial charge is 0.274 e. The van der Waals surface area contributed by atoms with Crippen molar-refractivity contribution in [2.24, 2.45) is 0 Å². The number of benzene rings is 2. The Hall–Kier alpha value is -2.97. The molecule has 27 heavy (non-hydrogen) atoms. The molecule has 0 atom stereocenters. The molecule has 1 aliphatic heterocycles. The van der Waals surface area contributed by atoms with Crippen LogP contribution in [0.2, 0.25) is 10.0 Å². The number of nitrogens with one attached hydrogen (secondary N) is 1. The molecular weight excluding hydrogens is 397 g/mol. The van der Waals surface area contributed by atoms with Crippen LogP contribution in [0.4, 0.5) is 11.4 Å². The van der Waals surface area contributed by atoms with Crippen LogP contribution < -0.4 is 5.32 Å². The largest absolute Gasteiger partial charge is 0.324 e. The summed E-state index contributed by atoms with van der Waals surface area (Å²) in [5, 5.41) is 13.7. The summed E-state index contributed by atoms with van der Waals surface area (Å²) in [4.78, 5) is 48.2. The van der Waals surface area contributed by atoms with Gasteiger partial charge in [-0.25, -0.2) is 0 Å². The highest BCUT2D eigenvalue weighted by molar-refractivity contribution is 6.43. The van der Waals surface area contributed by atoms with Gasteiger partial charge < -0.3 is 5.32 Å². The fourth-order valence-electron chi connectivity index (χ4n) is 2.66. The highest BCUT2D eigenvalue weighted by atomic mass is 35.5. The first kappa shape index (κ1) is 18.8. The van der Waals surface area contributed by atoms with Crippen molar-refractivity contribution in [3.05, 3.63) is 67.2 Å². The quantitative estimate of drug-likeness (QED) is 0.474. The minimum Gasteiger partial charge on any atom is -0.324 e. The van der Waals surface area contributed by atoms with E-state index in [9.17, 15) is 24.5 Å². The van der Waals surface area contributed by atoms with Gasteiger partial charge in [0.2, 0.25) is 5.91 Å². The van der Waals surface area contributed by atoms with E-state index in [2.05, 4.69) is 5.32 Å². The van der Waals surface area contributed by atoms with Crippen molar-refractivity contribution in [2.45, 2.75) is 6.92 Å². The van der Waals surface area contributed by atoms with E-state index in [-0.39, 0.29) is 32.5 Å². The van der Waals surface area contributed by atoms with Crippen LogP contribution in [0.25, 0.3) is 0 Å². The summed E-state index contributed by atoms with van der Waals surface area (Å²) < 4.78 is 0. The van der Waals surface area contributed by atoms with Crippen molar-refractivity contribution in [2.75, 3.05) is 11.9 Å². The highest BCUT2D eigenvalue weighted by Crippen LogP contribution is 2.31. The number of amides is 3. The molecule has 0 radical (unpaired) electrons. The number of aryl methyl sites for hydroxylation is 1. The normalized spacial score (nSPS) is 12.9. The maximum Gasteiger partial charge on any atom is 0.274 e. The second-order valence-electron chi connectivity index (χ2n) is 5.81. The number of hydrogen-bond acceptors (Lipinski definition) is 5. The Balaban J connectivity index is 1.77. The Morgan fingerprint density at radius 3 is 2.19 bits per heavy atom. The van der Waals surface area contributed by atoms with E-state index in [4.69, 9.17) is 23.2 Å². The lowest BCUT2D eigenvalue weighted by Gasteiger charge is -2.13. The number of nitrogens with zero attached hydrogens (tertiary/aromatic N) is 2. The zero-order chi connectivity index (χ0) is 19.9. The van der Waals surface area contributed by atoms with E-state index in [0.717, 1.165) is 4.90 Å². The van der Waals surface area contributed by atoms with Crippen molar-refractivity contribution in [3.8, 4) is 0 Å². The molecule has 1 aliphatic rings. The Morgan fingerprint density at radius 1 is 1.11 bits per heavy atom. The van der Waals surface area contributed by atoms with Crippen LogP contribution in [-0.2, 0) is 4.79 Å². The summed E-state index contributed by atoms with van der Waals surface area (Å²) in [5.41, 5.74) is 0.589. The first-order valence-electron chi connectivity index (χ1n) is 7.59. The van der Waals surface area contributed by atoms with Gasteiger partial charge in [-0.1, -0.05) is 29.3 Å². The number of imide groups is 1. The number of carbonyl (C=O) groups is 3. The topological polar surface area (TPSA) is 110 Å². The van der Waals surface area contributed by atoms with Crippen LogP contribution in [-0.4, -0.2) is 34.1 Å². The number of anilines is 1. The maximum absolute atomic E-state index is 12.4. The van der Waals surface area contributed by atoms with Crippen molar-refractivity contribution < 1.29 is 19.3 Å². The average molecular weight is 408 g/mol. The van der Waals surface area contributed by atoms with E-state index >= 15 is 0 Å². The lowest BCUT2D eigenvalue weighted by atomic mass is 10.1. The van der Waals surface area contributed by atoms with Gasteiger partial charge in [0.15, 0.2) is 0 Å². The van der Waals surface area contributed by atoms with Gasteiger partial charge in [-0.2, -0.15) is 0 Å². The number of carbonyl (C=O) groups excluding carboxylic acids is 3. The van der Waals surface area contributed by atoms with Gasteiger partial charge in [0.1, 0.15) is 6.54 Å².